The van der Waals surface area contributed by atoms with E-state index in [0.29, 0.717) is 18.0 Å². The molecule has 0 fully saturated rings. The maximum Gasteiger partial charge on any atom is 0.261 e. The molecule has 2 amide bonds. The van der Waals surface area contributed by atoms with Gasteiger partial charge in [-0.05, 0) is 55.8 Å². The van der Waals surface area contributed by atoms with Crippen LogP contribution >= 0.6 is 0 Å². The Balaban J connectivity index is 2.11. The van der Waals surface area contributed by atoms with E-state index < -0.39 is 6.04 Å². The predicted molar refractivity (Wildman–Crippen MR) is 104 cm³/mol. The van der Waals surface area contributed by atoms with Crippen LogP contribution in [0, 0.1) is 5.82 Å². The zero-order chi connectivity index (χ0) is 20.5. The van der Waals surface area contributed by atoms with Crippen molar-refractivity contribution in [2.75, 3.05) is 20.3 Å². The molecule has 0 aromatic heterocycles. The molecule has 0 bridgehead atoms. The van der Waals surface area contributed by atoms with E-state index in [1.807, 2.05) is 19.1 Å². The maximum absolute atomic E-state index is 13.0. The number of halogens is 1. The SMILES string of the molecule is CCNC(=O)[C@@H](C)N(Cc1ccc(OC)cc1)C(=O)COc1ccc(F)cc1. The summed E-state index contributed by atoms with van der Waals surface area (Å²) in [4.78, 5) is 26.5. The molecule has 0 unspecified atom stereocenters. The summed E-state index contributed by atoms with van der Waals surface area (Å²) in [6.45, 7) is 3.95. The summed E-state index contributed by atoms with van der Waals surface area (Å²) in [5.41, 5.74) is 0.854. The minimum Gasteiger partial charge on any atom is -0.497 e. The normalized spacial score (nSPS) is 11.4. The van der Waals surface area contributed by atoms with Crippen molar-refractivity contribution in [1.29, 1.82) is 0 Å². The van der Waals surface area contributed by atoms with E-state index in [9.17, 15) is 14.0 Å². The van der Waals surface area contributed by atoms with Crippen LogP contribution in [-0.4, -0.2) is 43.0 Å². The molecule has 1 N–H and O–H groups in total. The Bertz CT molecular complexity index is 778. The number of nitrogens with zero attached hydrogens (tertiary/aromatic N) is 1. The zero-order valence-corrected chi connectivity index (χ0v) is 16.3. The van der Waals surface area contributed by atoms with Crippen LogP contribution in [0.25, 0.3) is 0 Å². The summed E-state index contributed by atoms with van der Waals surface area (Å²) in [6, 6.07) is 12.0. The van der Waals surface area contributed by atoms with Crippen molar-refractivity contribution < 1.29 is 23.5 Å². The van der Waals surface area contributed by atoms with Gasteiger partial charge in [-0.15, -0.1) is 0 Å². The van der Waals surface area contributed by atoms with Crippen LogP contribution in [0.5, 0.6) is 11.5 Å². The molecule has 28 heavy (non-hydrogen) atoms. The first kappa shape index (κ1) is 21.2. The van der Waals surface area contributed by atoms with E-state index in [0.717, 1.165) is 5.56 Å². The third kappa shape index (κ3) is 5.97. The second-order valence-electron chi connectivity index (χ2n) is 6.18. The van der Waals surface area contributed by atoms with Crippen LogP contribution < -0.4 is 14.8 Å². The van der Waals surface area contributed by atoms with Gasteiger partial charge in [-0.3, -0.25) is 9.59 Å². The lowest BCUT2D eigenvalue weighted by Crippen LogP contribution is -2.49. The first-order valence-corrected chi connectivity index (χ1v) is 9.03. The maximum atomic E-state index is 13.0. The second kappa shape index (κ2) is 10.3. The molecule has 0 aliphatic rings. The van der Waals surface area contributed by atoms with Gasteiger partial charge in [-0.1, -0.05) is 12.1 Å². The van der Waals surface area contributed by atoms with Crippen LogP contribution in [0.15, 0.2) is 48.5 Å². The number of rotatable bonds is 9. The summed E-state index contributed by atoms with van der Waals surface area (Å²) in [5, 5.41) is 2.73. The Morgan fingerprint density at radius 3 is 2.25 bits per heavy atom. The average Bonchev–Trinajstić information content (AvgIpc) is 2.71. The molecule has 0 saturated carbocycles. The average molecular weight is 388 g/mol. The molecule has 0 saturated heterocycles. The first-order chi connectivity index (χ1) is 13.4. The number of benzene rings is 2. The van der Waals surface area contributed by atoms with Crippen molar-refractivity contribution in [2.45, 2.75) is 26.4 Å². The van der Waals surface area contributed by atoms with Crippen LogP contribution in [0.3, 0.4) is 0 Å². The Hall–Kier alpha value is -3.09. The van der Waals surface area contributed by atoms with E-state index in [1.165, 1.54) is 29.2 Å². The highest BCUT2D eigenvalue weighted by Gasteiger charge is 2.26. The predicted octanol–water partition coefficient (Wildman–Crippen LogP) is 2.77. The van der Waals surface area contributed by atoms with Gasteiger partial charge in [0.25, 0.3) is 5.91 Å². The molecule has 7 heteroatoms. The van der Waals surface area contributed by atoms with Crippen LogP contribution in [0.4, 0.5) is 4.39 Å². The standard InChI is InChI=1S/C21H25FN2O4/c1-4-23-21(26)15(2)24(13-16-5-9-18(27-3)10-6-16)20(25)14-28-19-11-7-17(22)8-12-19/h5-12,15H,4,13-14H2,1-3H3,(H,23,26)/t15-/m1/s1. The number of methoxy groups -OCH3 is 1. The lowest BCUT2D eigenvalue weighted by atomic mass is 10.1. The van der Waals surface area contributed by atoms with Crippen molar-refractivity contribution in [3.05, 3.63) is 59.9 Å². The third-order valence-corrected chi connectivity index (χ3v) is 4.21. The molecule has 0 spiro atoms. The molecular weight excluding hydrogens is 363 g/mol. The second-order valence-corrected chi connectivity index (χ2v) is 6.18. The summed E-state index contributed by atoms with van der Waals surface area (Å²) < 4.78 is 23.6. The Morgan fingerprint density at radius 2 is 1.68 bits per heavy atom. The van der Waals surface area contributed by atoms with Crippen molar-refractivity contribution in [1.82, 2.24) is 10.2 Å². The lowest BCUT2D eigenvalue weighted by Gasteiger charge is -2.28. The van der Waals surface area contributed by atoms with Crippen LogP contribution in [-0.2, 0) is 16.1 Å². The smallest absolute Gasteiger partial charge is 0.261 e. The van der Waals surface area contributed by atoms with Gasteiger partial charge in [-0.2, -0.15) is 0 Å². The molecule has 0 aliphatic carbocycles. The van der Waals surface area contributed by atoms with Gasteiger partial charge in [0.15, 0.2) is 6.61 Å². The zero-order valence-electron chi connectivity index (χ0n) is 16.3. The minimum absolute atomic E-state index is 0.244. The number of carbonyl (C=O) groups excluding carboxylic acids is 2. The minimum atomic E-state index is -0.675. The summed E-state index contributed by atoms with van der Waals surface area (Å²) in [7, 11) is 1.58. The lowest BCUT2D eigenvalue weighted by molar-refractivity contribution is -0.142. The molecule has 2 aromatic rings. The Kier molecular flexibility index (Phi) is 7.80. The molecule has 2 aromatic carbocycles. The topological polar surface area (TPSA) is 67.9 Å². The number of hydrogen-bond donors (Lipinski definition) is 1. The van der Waals surface area contributed by atoms with Crippen molar-refractivity contribution in [2.24, 2.45) is 0 Å². The van der Waals surface area contributed by atoms with E-state index in [4.69, 9.17) is 9.47 Å². The van der Waals surface area contributed by atoms with Crippen molar-refractivity contribution >= 4 is 11.8 Å². The highest BCUT2D eigenvalue weighted by molar-refractivity contribution is 5.87. The molecule has 0 radical (unpaired) electrons. The van der Waals surface area contributed by atoms with E-state index in [1.54, 1.807) is 26.2 Å². The number of nitrogens with one attached hydrogen (secondary N) is 1. The van der Waals surface area contributed by atoms with Gasteiger partial charge in [0.1, 0.15) is 23.4 Å². The number of likely N-dealkylation sites (N-methyl/N-ethyl adjacent to an activating group) is 1. The van der Waals surface area contributed by atoms with Gasteiger partial charge in [0, 0.05) is 13.1 Å². The molecule has 6 nitrogen and oxygen atoms in total. The Morgan fingerprint density at radius 1 is 1.07 bits per heavy atom. The van der Waals surface area contributed by atoms with Gasteiger partial charge in [0.2, 0.25) is 5.91 Å². The number of ether oxygens (including phenoxy) is 2. The summed E-state index contributed by atoms with van der Waals surface area (Å²) >= 11 is 0. The highest BCUT2D eigenvalue weighted by atomic mass is 19.1. The van der Waals surface area contributed by atoms with E-state index >= 15 is 0 Å². The number of amides is 2. The van der Waals surface area contributed by atoms with Crippen LogP contribution in [0.1, 0.15) is 19.4 Å². The van der Waals surface area contributed by atoms with Gasteiger partial charge < -0.3 is 19.7 Å². The summed E-state index contributed by atoms with van der Waals surface area (Å²) in [5.74, 6) is 0.109. The van der Waals surface area contributed by atoms with Gasteiger partial charge in [0.05, 0.1) is 7.11 Å². The molecule has 0 heterocycles. The third-order valence-electron chi connectivity index (χ3n) is 4.21. The number of carbonyl (C=O) groups is 2. The largest absolute Gasteiger partial charge is 0.497 e. The van der Waals surface area contributed by atoms with E-state index in [-0.39, 0.29) is 30.8 Å². The van der Waals surface area contributed by atoms with Crippen molar-refractivity contribution in [3.8, 4) is 11.5 Å². The first-order valence-electron chi connectivity index (χ1n) is 9.03. The quantitative estimate of drug-likeness (QED) is 0.717. The molecule has 2 rings (SSSR count). The fourth-order valence-electron chi connectivity index (χ4n) is 2.59. The monoisotopic (exact) mass is 388 g/mol. The highest BCUT2D eigenvalue weighted by Crippen LogP contribution is 2.16. The summed E-state index contributed by atoms with van der Waals surface area (Å²) in [6.07, 6.45) is 0. The molecular formula is C21H25FN2O4. The van der Waals surface area contributed by atoms with Crippen molar-refractivity contribution in [3.63, 3.8) is 0 Å². The number of hydrogen-bond acceptors (Lipinski definition) is 4. The Labute approximate surface area is 164 Å². The molecule has 150 valence electrons. The molecule has 0 aliphatic heterocycles. The van der Waals surface area contributed by atoms with Gasteiger partial charge >= 0.3 is 0 Å². The van der Waals surface area contributed by atoms with E-state index in [2.05, 4.69) is 5.32 Å². The van der Waals surface area contributed by atoms with Gasteiger partial charge in [-0.25, -0.2) is 4.39 Å². The van der Waals surface area contributed by atoms with Crippen LogP contribution in [0.2, 0.25) is 0 Å². The fourth-order valence-corrected chi connectivity index (χ4v) is 2.59. The molecule has 1 atom stereocenters. The fraction of sp³-hybridized carbons (Fsp3) is 0.333.